The minimum absolute atomic E-state index is 0.224. The van der Waals surface area contributed by atoms with Crippen molar-refractivity contribution >= 4 is 23.4 Å². The van der Waals surface area contributed by atoms with E-state index in [2.05, 4.69) is 15.4 Å². The normalized spacial score (nSPS) is 11.0. The van der Waals surface area contributed by atoms with Gasteiger partial charge in [-0.3, -0.25) is 0 Å². The van der Waals surface area contributed by atoms with Crippen LogP contribution in [0.4, 0.5) is 29.3 Å². The Hall–Kier alpha value is -3.17. The number of aromatic nitrogens is 1. The highest BCUT2D eigenvalue weighted by Gasteiger charge is 2.30. The van der Waals surface area contributed by atoms with Gasteiger partial charge >= 0.3 is 18.4 Å². The predicted octanol–water partition coefficient (Wildman–Crippen LogP) is 3.74. The maximum Gasteiger partial charge on any atom is 0.573 e. The summed E-state index contributed by atoms with van der Waals surface area (Å²) in [7, 11) is 1.62. The zero-order valence-electron chi connectivity index (χ0n) is 13.9. The third-order valence-corrected chi connectivity index (χ3v) is 3.09. The van der Waals surface area contributed by atoms with Crippen LogP contribution in [0, 0.1) is 0 Å². The topological polar surface area (TPSA) is 81.6 Å². The lowest BCUT2D eigenvalue weighted by molar-refractivity contribution is -0.274. The number of rotatable bonds is 5. The number of aryl methyl sites for hydroxylation is 1. The molecule has 0 spiro atoms. The van der Waals surface area contributed by atoms with Crippen LogP contribution in [0.25, 0.3) is 0 Å². The number of nitrogens with zero attached hydrogens (tertiary/aromatic N) is 1. The first kappa shape index (κ1) is 19.2. The van der Waals surface area contributed by atoms with Gasteiger partial charge in [0, 0.05) is 18.9 Å². The number of alkyl halides is 3. The molecule has 2 amide bonds. The first-order chi connectivity index (χ1) is 12.2. The number of esters is 1. The zero-order valence-corrected chi connectivity index (χ0v) is 13.9. The molecule has 7 nitrogen and oxygen atoms in total. The summed E-state index contributed by atoms with van der Waals surface area (Å²) in [6.45, 7) is 1.90. The summed E-state index contributed by atoms with van der Waals surface area (Å²) in [6.07, 6.45) is -3.26. The molecule has 0 aliphatic heterocycles. The van der Waals surface area contributed by atoms with E-state index in [-0.39, 0.29) is 18.0 Å². The van der Waals surface area contributed by atoms with Crippen molar-refractivity contribution in [2.45, 2.75) is 13.3 Å². The van der Waals surface area contributed by atoms with E-state index in [1.807, 2.05) is 0 Å². The molecule has 1 heterocycles. The van der Waals surface area contributed by atoms with E-state index in [0.29, 0.717) is 5.69 Å². The van der Waals surface area contributed by atoms with Gasteiger partial charge in [0.25, 0.3) is 0 Å². The molecule has 0 atom stereocenters. The van der Waals surface area contributed by atoms with E-state index in [4.69, 9.17) is 4.74 Å². The zero-order chi connectivity index (χ0) is 19.3. The van der Waals surface area contributed by atoms with Crippen LogP contribution in [0.5, 0.6) is 5.75 Å². The Bertz CT molecular complexity index is 785. The average molecular weight is 371 g/mol. The summed E-state index contributed by atoms with van der Waals surface area (Å²) in [5.74, 6) is -0.922. The number of carbonyl (C=O) groups excluding carboxylic acids is 2. The van der Waals surface area contributed by atoms with Gasteiger partial charge in [-0.05, 0) is 37.3 Å². The second-order valence-electron chi connectivity index (χ2n) is 5.10. The number of hydrogen-bond donors (Lipinski definition) is 2. The number of hydrogen-bond acceptors (Lipinski definition) is 4. The van der Waals surface area contributed by atoms with Gasteiger partial charge in [0.15, 0.2) is 0 Å². The van der Waals surface area contributed by atoms with E-state index in [1.54, 1.807) is 14.0 Å². The Morgan fingerprint density at radius 2 is 1.73 bits per heavy atom. The SMILES string of the molecule is CCOC(=O)c1cc(NC(=O)Nc2ccc(OC(F)(F)F)cc2)cn1C. The quantitative estimate of drug-likeness (QED) is 0.785. The van der Waals surface area contributed by atoms with Gasteiger partial charge in [-0.2, -0.15) is 0 Å². The number of amides is 2. The van der Waals surface area contributed by atoms with Gasteiger partial charge in [-0.25, -0.2) is 9.59 Å². The maximum absolute atomic E-state index is 12.1. The molecule has 0 unspecified atom stereocenters. The molecule has 1 aromatic heterocycles. The lowest BCUT2D eigenvalue weighted by Gasteiger charge is -2.10. The fourth-order valence-electron chi connectivity index (χ4n) is 2.07. The van der Waals surface area contributed by atoms with Gasteiger partial charge in [-0.1, -0.05) is 0 Å². The van der Waals surface area contributed by atoms with E-state index in [0.717, 1.165) is 12.1 Å². The molecular formula is C16H16F3N3O4. The first-order valence-electron chi connectivity index (χ1n) is 7.45. The molecule has 2 N–H and O–H groups in total. The third-order valence-electron chi connectivity index (χ3n) is 3.09. The monoisotopic (exact) mass is 371 g/mol. The van der Waals surface area contributed by atoms with Crippen LogP contribution in [-0.2, 0) is 11.8 Å². The number of anilines is 2. The minimum atomic E-state index is -4.78. The van der Waals surface area contributed by atoms with E-state index < -0.39 is 24.1 Å². The molecule has 2 rings (SSSR count). The molecule has 0 aliphatic rings. The first-order valence-corrected chi connectivity index (χ1v) is 7.45. The van der Waals surface area contributed by atoms with E-state index in [9.17, 15) is 22.8 Å². The van der Waals surface area contributed by atoms with Crippen LogP contribution in [0.2, 0.25) is 0 Å². The Morgan fingerprint density at radius 3 is 2.31 bits per heavy atom. The van der Waals surface area contributed by atoms with Gasteiger partial charge in [0.2, 0.25) is 0 Å². The van der Waals surface area contributed by atoms with Crippen LogP contribution in [-0.4, -0.2) is 29.5 Å². The largest absolute Gasteiger partial charge is 0.573 e. The summed E-state index contributed by atoms with van der Waals surface area (Å²) >= 11 is 0. The molecular weight excluding hydrogens is 355 g/mol. The Labute approximate surface area is 146 Å². The van der Waals surface area contributed by atoms with Crippen LogP contribution >= 0.6 is 0 Å². The molecule has 10 heteroatoms. The predicted molar refractivity (Wildman–Crippen MR) is 87.1 cm³/mol. The third kappa shape index (κ3) is 5.43. The molecule has 0 saturated heterocycles. The van der Waals surface area contributed by atoms with E-state index >= 15 is 0 Å². The fraction of sp³-hybridized carbons (Fsp3) is 0.250. The van der Waals surface area contributed by atoms with Crippen LogP contribution in [0.3, 0.4) is 0 Å². The van der Waals surface area contributed by atoms with Crippen LogP contribution in [0.1, 0.15) is 17.4 Å². The number of carbonyl (C=O) groups is 2. The van der Waals surface area contributed by atoms with E-state index in [1.165, 1.54) is 29.0 Å². The Balaban J connectivity index is 1.96. The Morgan fingerprint density at radius 1 is 1.12 bits per heavy atom. The standard InChI is InChI=1S/C16H16F3N3O4/c1-3-25-14(23)13-8-11(9-22(13)2)21-15(24)20-10-4-6-12(7-5-10)26-16(17,18)19/h4-9H,3H2,1-2H3,(H2,20,21,24). The molecule has 0 radical (unpaired) electrons. The van der Waals surface area contributed by atoms with Gasteiger partial charge in [0.05, 0.1) is 12.3 Å². The summed E-state index contributed by atoms with van der Waals surface area (Å²) < 4.78 is 46.4. The second-order valence-corrected chi connectivity index (χ2v) is 5.10. The van der Waals surface area contributed by atoms with Gasteiger partial charge < -0.3 is 24.7 Å². The molecule has 2 aromatic rings. The van der Waals surface area contributed by atoms with Gasteiger partial charge in [-0.15, -0.1) is 13.2 Å². The van der Waals surface area contributed by atoms with Crippen molar-refractivity contribution in [1.29, 1.82) is 0 Å². The number of benzene rings is 1. The second kappa shape index (κ2) is 7.81. The molecule has 0 saturated carbocycles. The fourth-order valence-corrected chi connectivity index (χ4v) is 2.07. The van der Waals surface area contributed by atoms with Crippen molar-refractivity contribution in [1.82, 2.24) is 4.57 Å². The van der Waals surface area contributed by atoms with Crippen molar-refractivity contribution < 1.29 is 32.2 Å². The van der Waals surface area contributed by atoms with Crippen LogP contribution in [0.15, 0.2) is 36.5 Å². The number of ether oxygens (including phenoxy) is 2. The number of halogens is 3. The molecule has 0 fully saturated rings. The molecule has 0 aliphatic carbocycles. The van der Waals surface area contributed by atoms with Crippen molar-refractivity contribution in [3.8, 4) is 5.75 Å². The van der Waals surface area contributed by atoms with Crippen molar-refractivity contribution in [3.63, 3.8) is 0 Å². The number of nitrogens with one attached hydrogen (secondary N) is 2. The Kier molecular flexibility index (Phi) is 5.75. The van der Waals surface area contributed by atoms with Crippen molar-refractivity contribution in [3.05, 3.63) is 42.2 Å². The molecule has 1 aromatic carbocycles. The minimum Gasteiger partial charge on any atom is -0.461 e. The van der Waals surface area contributed by atoms with Gasteiger partial charge in [0.1, 0.15) is 11.4 Å². The summed E-state index contributed by atoms with van der Waals surface area (Å²) in [5.41, 5.74) is 0.874. The maximum atomic E-state index is 12.1. The summed E-state index contributed by atoms with van der Waals surface area (Å²) in [5, 5.41) is 4.96. The van der Waals surface area contributed by atoms with Crippen molar-refractivity contribution in [2.75, 3.05) is 17.2 Å². The molecule has 0 bridgehead atoms. The lowest BCUT2D eigenvalue weighted by Crippen LogP contribution is -2.19. The smallest absolute Gasteiger partial charge is 0.461 e. The molecule has 140 valence electrons. The summed E-state index contributed by atoms with van der Waals surface area (Å²) in [4.78, 5) is 23.7. The van der Waals surface area contributed by atoms with Crippen LogP contribution < -0.4 is 15.4 Å². The lowest BCUT2D eigenvalue weighted by atomic mass is 10.3. The summed E-state index contributed by atoms with van der Waals surface area (Å²) in [6, 6.07) is 5.48. The van der Waals surface area contributed by atoms with Crippen molar-refractivity contribution in [2.24, 2.45) is 7.05 Å². The number of urea groups is 1. The highest BCUT2D eigenvalue weighted by atomic mass is 19.4. The average Bonchev–Trinajstić information content (AvgIpc) is 2.88. The highest BCUT2D eigenvalue weighted by Crippen LogP contribution is 2.24. The molecule has 26 heavy (non-hydrogen) atoms. The highest BCUT2D eigenvalue weighted by molar-refractivity contribution is 6.00.